The maximum absolute atomic E-state index is 12.8. The fourth-order valence-corrected chi connectivity index (χ4v) is 2.06. The number of benzene rings is 2. The van der Waals surface area contributed by atoms with Gasteiger partial charge in [0.1, 0.15) is 5.82 Å². The predicted molar refractivity (Wildman–Crippen MR) is 85.2 cm³/mol. The lowest BCUT2D eigenvalue weighted by molar-refractivity contribution is -0.134. The zero-order valence-electron chi connectivity index (χ0n) is 12.2. The first kappa shape index (κ1) is 16.8. The smallest absolute Gasteiger partial charge is 0.292 e. The lowest BCUT2D eigenvalue weighted by Crippen LogP contribution is -2.25. The van der Waals surface area contributed by atoms with E-state index in [-0.39, 0.29) is 5.56 Å². The highest BCUT2D eigenvalue weighted by atomic mass is 35.5. The van der Waals surface area contributed by atoms with E-state index in [0.29, 0.717) is 10.7 Å². The lowest BCUT2D eigenvalue weighted by Gasteiger charge is -2.08. The fourth-order valence-electron chi connectivity index (χ4n) is 1.88. The number of hydrogen-bond acceptors (Lipinski definition) is 3. The summed E-state index contributed by atoms with van der Waals surface area (Å²) < 4.78 is 12.8. The summed E-state index contributed by atoms with van der Waals surface area (Å²) in [5.74, 6) is -2.81. The maximum atomic E-state index is 12.8. The van der Waals surface area contributed by atoms with Gasteiger partial charge in [0.25, 0.3) is 5.91 Å². The zero-order valence-corrected chi connectivity index (χ0v) is 13.0. The monoisotopic (exact) mass is 333 g/mol. The van der Waals surface area contributed by atoms with E-state index in [9.17, 15) is 18.8 Å². The van der Waals surface area contributed by atoms with Gasteiger partial charge in [0.05, 0.1) is 6.42 Å². The van der Waals surface area contributed by atoms with Gasteiger partial charge < -0.3 is 5.32 Å². The molecule has 23 heavy (non-hydrogen) atoms. The van der Waals surface area contributed by atoms with Gasteiger partial charge in [0, 0.05) is 16.3 Å². The van der Waals surface area contributed by atoms with Crippen LogP contribution in [0.4, 0.5) is 10.1 Å². The van der Waals surface area contributed by atoms with E-state index in [4.69, 9.17) is 11.6 Å². The molecule has 0 spiro atoms. The van der Waals surface area contributed by atoms with Crippen molar-refractivity contribution in [2.45, 2.75) is 13.3 Å². The van der Waals surface area contributed by atoms with Crippen LogP contribution in [0.1, 0.15) is 22.3 Å². The molecule has 0 heterocycles. The molecule has 0 unspecified atom stereocenters. The second-order valence-corrected chi connectivity index (χ2v) is 5.38. The molecule has 0 fully saturated rings. The number of aryl methyl sites for hydroxylation is 1. The van der Waals surface area contributed by atoms with Gasteiger partial charge in [-0.15, -0.1) is 0 Å². The molecule has 0 radical (unpaired) electrons. The Morgan fingerprint density at radius 1 is 1.09 bits per heavy atom. The second-order valence-electron chi connectivity index (χ2n) is 4.94. The molecule has 0 aliphatic rings. The van der Waals surface area contributed by atoms with Crippen molar-refractivity contribution in [1.29, 1.82) is 0 Å². The van der Waals surface area contributed by atoms with E-state index < -0.39 is 29.7 Å². The second kappa shape index (κ2) is 7.15. The summed E-state index contributed by atoms with van der Waals surface area (Å²) in [7, 11) is 0. The van der Waals surface area contributed by atoms with E-state index >= 15 is 0 Å². The van der Waals surface area contributed by atoms with Crippen molar-refractivity contribution < 1.29 is 18.8 Å². The third-order valence-electron chi connectivity index (χ3n) is 3.19. The Morgan fingerprint density at radius 3 is 2.39 bits per heavy atom. The topological polar surface area (TPSA) is 63.2 Å². The van der Waals surface area contributed by atoms with Crippen LogP contribution in [0.5, 0.6) is 0 Å². The third-order valence-corrected chi connectivity index (χ3v) is 3.42. The van der Waals surface area contributed by atoms with Crippen molar-refractivity contribution in [3.63, 3.8) is 0 Å². The van der Waals surface area contributed by atoms with Gasteiger partial charge in [0.2, 0.25) is 5.78 Å². The molecule has 2 aromatic rings. The Morgan fingerprint density at radius 2 is 1.74 bits per heavy atom. The largest absolute Gasteiger partial charge is 0.319 e. The molecule has 6 heteroatoms. The van der Waals surface area contributed by atoms with E-state index in [2.05, 4.69) is 5.32 Å². The number of anilines is 1. The van der Waals surface area contributed by atoms with E-state index in [0.717, 1.165) is 17.7 Å². The van der Waals surface area contributed by atoms with Crippen LogP contribution in [0.25, 0.3) is 0 Å². The van der Waals surface area contributed by atoms with Crippen LogP contribution in [0.2, 0.25) is 5.02 Å². The highest BCUT2D eigenvalue weighted by Crippen LogP contribution is 2.20. The minimum Gasteiger partial charge on any atom is -0.319 e. The minimum absolute atomic E-state index is 0.173. The predicted octanol–water partition coefficient (Wildman–Crippen LogP) is 3.57. The van der Waals surface area contributed by atoms with Gasteiger partial charge in [-0.1, -0.05) is 17.7 Å². The van der Waals surface area contributed by atoms with Gasteiger partial charge in [-0.25, -0.2) is 4.39 Å². The van der Waals surface area contributed by atoms with Crippen molar-refractivity contribution in [2.24, 2.45) is 0 Å². The molecule has 0 aromatic heterocycles. The summed E-state index contributed by atoms with van der Waals surface area (Å²) in [5, 5.41) is 2.85. The number of nitrogens with one attached hydrogen (secondary N) is 1. The normalized spacial score (nSPS) is 10.2. The van der Waals surface area contributed by atoms with Crippen LogP contribution in [0.15, 0.2) is 42.5 Å². The molecular weight excluding hydrogens is 321 g/mol. The molecule has 0 aliphatic heterocycles. The van der Waals surface area contributed by atoms with Crippen LogP contribution < -0.4 is 5.32 Å². The van der Waals surface area contributed by atoms with Crippen molar-refractivity contribution in [3.05, 3.63) is 64.4 Å². The Balaban J connectivity index is 2.02. The molecule has 0 aliphatic carbocycles. The molecule has 0 saturated carbocycles. The first-order valence-electron chi connectivity index (χ1n) is 6.76. The minimum atomic E-state index is -0.897. The molecule has 4 nitrogen and oxygen atoms in total. The van der Waals surface area contributed by atoms with Crippen LogP contribution in [-0.2, 0) is 9.59 Å². The van der Waals surface area contributed by atoms with Gasteiger partial charge in [-0.05, 0) is 48.9 Å². The SMILES string of the molecule is Cc1ccc(Cl)cc1NC(=O)C(=O)CC(=O)c1ccc(F)cc1. The number of rotatable bonds is 5. The quantitative estimate of drug-likeness (QED) is 0.517. The Hall–Kier alpha value is -2.53. The summed E-state index contributed by atoms with van der Waals surface area (Å²) in [6.45, 7) is 1.75. The fraction of sp³-hybridized carbons (Fsp3) is 0.118. The molecule has 118 valence electrons. The summed E-state index contributed by atoms with van der Waals surface area (Å²) in [6, 6.07) is 9.65. The standard InChI is InChI=1S/C17H13ClFNO3/c1-10-2-5-12(18)8-14(10)20-17(23)16(22)9-15(21)11-3-6-13(19)7-4-11/h2-8H,9H2,1H3,(H,20,23). The summed E-state index contributed by atoms with van der Waals surface area (Å²) in [5.41, 5.74) is 1.32. The van der Waals surface area contributed by atoms with Gasteiger partial charge >= 0.3 is 0 Å². The molecule has 0 atom stereocenters. The number of hydrogen-bond donors (Lipinski definition) is 1. The molecule has 2 aromatic carbocycles. The average Bonchev–Trinajstić information content (AvgIpc) is 2.51. The first-order chi connectivity index (χ1) is 10.9. The van der Waals surface area contributed by atoms with E-state index in [1.54, 1.807) is 19.1 Å². The number of Topliss-reactive ketones (excluding diaryl/α,β-unsaturated/α-hetero) is 2. The highest BCUT2D eigenvalue weighted by Gasteiger charge is 2.19. The molecule has 0 saturated heterocycles. The summed E-state index contributed by atoms with van der Waals surface area (Å²) in [6.07, 6.45) is -0.586. The van der Waals surface area contributed by atoms with E-state index in [1.165, 1.54) is 18.2 Å². The van der Waals surface area contributed by atoms with Gasteiger partial charge in [-0.3, -0.25) is 14.4 Å². The van der Waals surface area contributed by atoms with Crippen LogP contribution in [-0.4, -0.2) is 17.5 Å². The van der Waals surface area contributed by atoms with Crippen LogP contribution in [0.3, 0.4) is 0 Å². The van der Waals surface area contributed by atoms with Gasteiger partial charge in [0.15, 0.2) is 5.78 Å². The van der Waals surface area contributed by atoms with Crippen LogP contribution >= 0.6 is 11.6 Å². The van der Waals surface area contributed by atoms with Gasteiger partial charge in [-0.2, -0.15) is 0 Å². The number of carbonyl (C=O) groups is 3. The molecule has 1 amide bonds. The zero-order chi connectivity index (χ0) is 17.0. The number of ketones is 2. The number of carbonyl (C=O) groups excluding carboxylic acids is 3. The van der Waals surface area contributed by atoms with Crippen molar-refractivity contribution >= 4 is 34.8 Å². The van der Waals surface area contributed by atoms with Crippen LogP contribution in [0, 0.1) is 12.7 Å². The highest BCUT2D eigenvalue weighted by molar-refractivity contribution is 6.44. The first-order valence-corrected chi connectivity index (χ1v) is 7.13. The van der Waals surface area contributed by atoms with E-state index in [1.807, 2.05) is 0 Å². The number of amides is 1. The van der Waals surface area contributed by atoms with Crippen molar-refractivity contribution in [2.75, 3.05) is 5.32 Å². The maximum Gasteiger partial charge on any atom is 0.292 e. The third kappa shape index (κ3) is 4.47. The Kier molecular flexibility index (Phi) is 5.24. The average molecular weight is 334 g/mol. The Labute approximate surface area is 137 Å². The van der Waals surface area contributed by atoms with Crippen molar-refractivity contribution in [3.8, 4) is 0 Å². The Bertz CT molecular complexity index is 772. The molecule has 2 rings (SSSR count). The number of halogens is 2. The van der Waals surface area contributed by atoms with Crippen molar-refractivity contribution in [1.82, 2.24) is 0 Å². The summed E-state index contributed by atoms with van der Waals surface area (Å²) >= 11 is 5.84. The molecule has 0 bridgehead atoms. The molecular formula is C17H13ClFNO3. The lowest BCUT2D eigenvalue weighted by atomic mass is 10.1. The summed E-state index contributed by atoms with van der Waals surface area (Å²) in [4.78, 5) is 35.6. The molecule has 1 N–H and O–H groups in total.